The van der Waals surface area contributed by atoms with Crippen LogP contribution in [0.25, 0.3) is 0 Å². The Morgan fingerprint density at radius 3 is 2.89 bits per heavy atom. The van der Waals surface area contributed by atoms with Crippen LogP contribution in [0.15, 0.2) is 6.07 Å². The van der Waals surface area contributed by atoms with E-state index in [1.54, 1.807) is 0 Å². The van der Waals surface area contributed by atoms with Gasteiger partial charge in [-0.25, -0.2) is 4.39 Å². The lowest BCUT2D eigenvalue weighted by Gasteiger charge is -2.35. The van der Waals surface area contributed by atoms with Crippen LogP contribution < -0.4 is 16.4 Å². The van der Waals surface area contributed by atoms with E-state index in [2.05, 4.69) is 0 Å². The third-order valence-electron chi connectivity index (χ3n) is 3.15. The highest BCUT2D eigenvalue weighted by Crippen LogP contribution is 2.36. The molecule has 0 radical (unpaired) electrons. The van der Waals surface area contributed by atoms with E-state index in [9.17, 15) is 4.39 Å². The molecule has 0 spiro atoms. The van der Waals surface area contributed by atoms with Gasteiger partial charge in [0.25, 0.3) is 0 Å². The smallest absolute Gasteiger partial charge is 0.169 e. The van der Waals surface area contributed by atoms with Gasteiger partial charge < -0.3 is 21.1 Å². The number of nitrogens with zero attached hydrogens (tertiary/aromatic N) is 1. The Labute approximate surface area is 111 Å². The SMILES string of the molecule is CCC1CN(c2c(N)cc(N)c(Cl)c2F)CCO1. The lowest BCUT2D eigenvalue weighted by atomic mass is 10.1. The van der Waals surface area contributed by atoms with E-state index in [0.29, 0.717) is 31.1 Å². The summed E-state index contributed by atoms with van der Waals surface area (Å²) in [6, 6.07) is 1.50. The van der Waals surface area contributed by atoms with Crippen LogP contribution >= 0.6 is 11.6 Å². The fourth-order valence-corrected chi connectivity index (χ4v) is 2.29. The highest BCUT2D eigenvalue weighted by molar-refractivity contribution is 6.33. The van der Waals surface area contributed by atoms with Crippen molar-refractivity contribution in [2.24, 2.45) is 0 Å². The van der Waals surface area contributed by atoms with Crippen LogP contribution in [-0.2, 0) is 4.74 Å². The summed E-state index contributed by atoms with van der Waals surface area (Å²) in [7, 11) is 0. The van der Waals surface area contributed by atoms with Crippen LogP contribution in [0.2, 0.25) is 5.02 Å². The van der Waals surface area contributed by atoms with Gasteiger partial charge in [-0.2, -0.15) is 0 Å². The molecule has 1 saturated heterocycles. The van der Waals surface area contributed by atoms with Gasteiger partial charge in [-0.05, 0) is 12.5 Å². The highest BCUT2D eigenvalue weighted by Gasteiger charge is 2.25. The van der Waals surface area contributed by atoms with E-state index in [4.69, 9.17) is 27.8 Å². The largest absolute Gasteiger partial charge is 0.397 e. The first-order chi connectivity index (χ1) is 8.54. The minimum Gasteiger partial charge on any atom is -0.397 e. The van der Waals surface area contributed by atoms with Gasteiger partial charge in [0.1, 0.15) is 5.02 Å². The molecule has 4 nitrogen and oxygen atoms in total. The zero-order valence-corrected chi connectivity index (χ0v) is 11.0. The van der Waals surface area contributed by atoms with Crippen molar-refractivity contribution in [1.29, 1.82) is 0 Å². The summed E-state index contributed by atoms with van der Waals surface area (Å²) < 4.78 is 19.7. The van der Waals surface area contributed by atoms with E-state index >= 15 is 0 Å². The molecular weight excluding hydrogens is 257 g/mol. The molecule has 0 aromatic heterocycles. The third-order valence-corrected chi connectivity index (χ3v) is 3.53. The van der Waals surface area contributed by atoms with Crippen molar-refractivity contribution < 1.29 is 9.13 Å². The maximum absolute atomic E-state index is 14.2. The predicted molar refractivity (Wildman–Crippen MR) is 72.5 cm³/mol. The zero-order valence-electron chi connectivity index (χ0n) is 10.2. The van der Waals surface area contributed by atoms with Gasteiger partial charge in [-0.3, -0.25) is 0 Å². The van der Waals surface area contributed by atoms with Gasteiger partial charge in [0.2, 0.25) is 0 Å². The van der Waals surface area contributed by atoms with Crippen molar-refractivity contribution in [3.8, 4) is 0 Å². The normalized spacial score (nSPS) is 20.2. The Morgan fingerprint density at radius 2 is 2.22 bits per heavy atom. The van der Waals surface area contributed by atoms with Crippen molar-refractivity contribution in [3.63, 3.8) is 0 Å². The van der Waals surface area contributed by atoms with Crippen molar-refractivity contribution >= 4 is 28.7 Å². The molecule has 100 valence electrons. The standard InChI is InChI=1S/C12H17ClFN3O/c1-2-7-6-17(3-4-18-7)12-9(16)5-8(15)10(13)11(12)14/h5,7H,2-4,6,15-16H2,1H3. The molecule has 2 rings (SSSR count). The average Bonchev–Trinajstić information content (AvgIpc) is 2.36. The Hall–Kier alpha value is -1.20. The van der Waals surface area contributed by atoms with E-state index < -0.39 is 5.82 Å². The van der Waals surface area contributed by atoms with E-state index in [1.165, 1.54) is 6.07 Å². The Kier molecular flexibility index (Phi) is 3.82. The first-order valence-electron chi connectivity index (χ1n) is 5.94. The Bertz CT molecular complexity index is 455. The first kappa shape index (κ1) is 13.2. The lowest BCUT2D eigenvalue weighted by molar-refractivity contribution is 0.0383. The molecule has 1 heterocycles. The number of hydrogen-bond acceptors (Lipinski definition) is 4. The number of nitrogens with two attached hydrogens (primary N) is 2. The minimum absolute atomic E-state index is 0.0706. The molecule has 18 heavy (non-hydrogen) atoms. The van der Waals surface area contributed by atoms with Gasteiger partial charge in [0.15, 0.2) is 5.82 Å². The number of ether oxygens (including phenoxy) is 1. The van der Waals surface area contributed by atoms with Crippen LogP contribution in [0.3, 0.4) is 0 Å². The fraction of sp³-hybridized carbons (Fsp3) is 0.500. The molecule has 1 unspecified atom stereocenters. The van der Waals surface area contributed by atoms with Crippen LogP contribution in [0.1, 0.15) is 13.3 Å². The summed E-state index contributed by atoms with van der Waals surface area (Å²) in [5.74, 6) is -0.550. The fourth-order valence-electron chi connectivity index (χ4n) is 2.15. The highest BCUT2D eigenvalue weighted by atomic mass is 35.5. The molecule has 1 fully saturated rings. The van der Waals surface area contributed by atoms with Crippen molar-refractivity contribution in [2.75, 3.05) is 36.1 Å². The molecule has 1 aliphatic heterocycles. The van der Waals surface area contributed by atoms with Gasteiger partial charge in [0, 0.05) is 13.1 Å². The molecule has 0 saturated carbocycles. The van der Waals surface area contributed by atoms with Crippen molar-refractivity contribution in [1.82, 2.24) is 0 Å². The Balaban J connectivity index is 2.35. The van der Waals surface area contributed by atoms with E-state index in [1.807, 2.05) is 11.8 Å². The zero-order chi connectivity index (χ0) is 13.3. The molecule has 0 amide bonds. The second-order valence-corrected chi connectivity index (χ2v) is 4.76. The van der Waals surface area contributed by atoms with Crippen LogP contribution in [-0.4, -0.2) is 25.8 Å². The average molecular weight is 274 g/mol. The summed E-state index contributed by atoms with van der Waals surface area (Å²) in [6.07, 6.45) is 0.967. The van der Waals surface area contributed by atoms with Crippen molar-refractivity contribution in [3.05, 3.63) is 16.9 Å². The monoisotopic (exact) mass is 273 g/mol. The lowest BCUT2D eigenvalue weighted by Crippen LogP contribution is -2.43. The summed E-state index contributed by atoms with van der Waals surface area (Å²) in [4.78, 5) is 1.87. The summed E-state index contributed by atoms with van der Waals surface area (Å²) >= 11 is 5.83. The number of rotatable bonds is 2. The van der Waals surface area contributed by atoms with Gasteiger partial charge >= 0.3 is 0 Å². The minimum atomic E-state index is -0.550. The molecule has 4 N–H and O–H groups in total. The Morgan fingerprint density at radius 1 is 1.50 bits per heavy atom. The second-order valence-electron chi connectivity index (χ2n) is 4.38. The maximum Gasteiger partial charge on any atom is 0.169 e. The molecule has 6 heteroatoms. The van der Waals surface area contributed by atoms with Gasteiger partial charge in [0.05, 0.1) is 29.8 Å². The van der Waals surface area contributed by atoms with Crippen LogP contribution in [0.4, 0.5) is 21.5 Å². The number of nitrogen functional groups attached to an aromatic ring is 2. The third kappa shape index (κ3) is 2.33. The number of morpholine rings is 1. The summed E-state index contributed by atoms with van der Waals surface area (Å²) in [5.41, 5.74) is 12.2. The molecular formula is C12H17ClFN3O. The molecule has 0 aliphatic carbocycles. The van der Waals surface area contributed by atoms with Crippen LogP contribution in [0.5, 0.6) is 0 Å². The molecule has 1 aromatic rings. The molecule has 0 bridgehead atoms. The quantitative estimate of drug-likeness (QED) is 0.812. The van der Waals surface area contributed by atoms with Gasteiger partial charge in [-0.1, -0.05) is 18.5 Å². The number of anilines is 3. The van der Waals surface area contributed by atoms with E-state index in [0.717, 1.165) is 6.42 Å². The number of benzene rings is 1. The molecule has 1 aliphatic rings. The number of hydrogen-bond donors (Lipinski definition) is 2. The molecule has 1 aromatic carbocycles. The predicted octanol–water partition coefficient (Wildman–Crippen LogP) is 2.26. The molecule has 1 atom stereocenters. The topological polar surface area (TPSA) is 64.5 Å². The van der Waals surface area contributed by atoms with E-state index in [-0.39, 0.29) is 16.8 Å². The maximum atomic E-state index is 14.2. The second kappa shape index (κ2) is 5.20. The van der Waals surface area contributed by atoms with Gasteiger partial charge in [-0.15, -0.1) is 0 Å². The van der Waals surface area contributed by atoms with Crippen molar-refractivity contribution in [2.45, 2.75) is 19.4 Å². The summed E-state index contributed by atoms with van der Waals surface area (Å²) in [6.45, 7) is 3.79. The first-order valence-corrected chi connectivity index (χ1v) is 6.31. The van der Waals surface area contributed by atoms with Crippen LogP contribution in [0, 0.1) is 5.82 Å². The number of halogens is 2. The summed E-state index contributed by atoms with van der Waals surface area (Å²) in [5, 5.41) is -0.0706.